The van der Waals surface area contributed by atoms with Crippen molar-refractivity contribution in [2.45, 2.75) is 39.0 Å². The molecule has 0 fully saturated rings. The molecule has 1 atom stereocenters. The zero-order chi connectivity index (χ0) is 16.2. The first kappa shape index (κ1) is 14.7. The first-order valence-corrected chi connectivity index (χ1v) is 7.42. The van der Waals surface area contributed by atoms with E-state index in [1.54, 1.807) is 0 Å². The lowest BCUT2D eigenvalue weighted by atomic mass is 9.70. The molecular formula is C15H23N7. The summed E-state index contributed by atoms with van der Waals surface area (Å²) in [6, 6.07) is 10.0. The highest BCUT2D eigenvalue weighted by atomic mass is 15.9. The van der Waals surface area contributed by atoms with Crippen LogP contribution < -0.4 is 5.01 Å². The second-order valence-corrected chi connectivity index (χ2v) is 7.02. The van der Waals surface area contributed by atoms with Gasteiger partial charge in [-0.1, -0.05) is 44.2 Å². The minimum Gasteiger partial charge on any atom is -0.231 e. The minimum absolute atomic E-state index is 0.141. The van der Waals surface area contributed by atoms with Crippen LogP contribution in [0.15, 0.2) is 51.1 Å². The zero-order valence-corrected chi connectivity index (χ0v) is 14.0. The average Bonchev–Trinajstić information content (AvgIpc) is 2.95. The molecule has 0 saturated heterocycles. The van der Waals surface area contributed by atoms with Crippen molar-refractivity contribution in [3.05, 3.63) is 30.3 Å². The minimum atomic E-state index is -0.702. The third kappa shape index (κ3) is 1.56. The van der Waals surface area contributed by atoms with E-state index in [0.717, 1.165) is 5.69 Å². The Morgan fingerprint density at radius 1 is 0.909 bits per heavy atom. The number of benzene rings is 1. The highest BCUT2D eigenvalue weighted by Crippen LogP contribution is 2.54. The molecule has 0 aliphatic carbocycles. The van der Waals surface area contributed by atoms with Gasteiger partial charge in [-0.15, -0.1) is 0 Å². The fourth-order valence-electron chi connectivity index (χ4n) is 3.28. The summed E-state index contributed by atoms with van der Waals surface area (Å²) in [5.74, 6) is -0.702. The molecule has 22 heavy (non-hydrogen) atoms. The van der Waals surface area contributed by atoms with E-state index in [1.165, 1.54) is 0 Å². The molecule has 0 unspecified atom stereocenters. The summed E-state index contributed by atoms with van der Waals surface area (Å²) in [5.41, 5.74) is 0.297. The molecule has 2 aliphatic rings. The summed E-state index contributed by atoms with van der Waals surface area (Å²) in [5, 5.41) is 23.3. The van der Waals surface area contributed by atoms with Crippen LogP contribution in [0.25, 0.3) is 0 Å². The predicted octanol–water partition coefficient (Wildman–Crippen LogP) is 3.49. The molecule has 7 heteroatoms. The monoisotopic (exact) mass is 301 g/mol. The second kappa shape index (κ2) is 4.41. The average molecular weight is 301 g/mol. The van der Waals surface area contributed by atoms with Crippen LogP contribution in [0.4, 0.5) is 5.69 Å². The van der Waals surface area contributed by atoms with E-state index in [4.69, 9.17) is 0 Å². The number of para-hydroxylation sites is 1. The largest absolute Gasteiger partial charge is 0.273 e. The van der Waals surface area contributed by atoms with E-state index in [9.17, 15) is 0 Å². The Labute approximate surface area is 131 Å². The summed E-state index contributed by atoms with van der Waals surface area (Å²) in [6.45, 7) is 8.62. The standard InChI is InChI=1S/C15H23N7/c1-13(2,3)14(4)15(20(5)18-19-21(15)6)22(17-16-14)12-10-8-7-9-11-12/h7-11H,1-6H3/t14-/m1/s1. The first-order chi connectivity index (χ1) is 10.2. The van der Waals surface area contributed by atoms with E-state index in [0.29, 0.717) is 0 Å². The molecular weight excluding hydrogens is 278 g/mol. The fraction of sp³-hybridized carbons (Fsp3) is 0.600. The molecule has 1 spiro atoms. The van der Waals surface area contributed by atoms with Crippen molar-refractivity contribution in [1.29, 1.82) is 0 Å². The number of anilines is 1. The lowest BCUT2D eigenvalue weighted by Gasteiger charge is -2.52. The molecule has 0 aromatic heterocycles. The molecule has 1 aromatic rings. The first-order valence-electron chi connectivity index (χ1n) is 7.42. The van der Waals surface area contributed by atoms with Gasteiger partial charge in [-0.2, -0.15) is 10.1 Å². The van der Waals surface area contributed by atoms with Crippen molar-refractivity contribution < 1.29 is 0 Å². The van der Waals surface area contributed by atoms with Crippen molar-refractivity contribution in [2.24, 2.45) is 26.2 Å². The molecule has 0 amide bonds. The Morgan fingerprint density at radius 3 is 1.95 bits per heavy atom. The van der Waals surface area contributed by atoms with Crippen molar-refractivity contribution in [1.82, 2.24) is 10.0 Å². The summed E-state index contributed by atoms with van der Waals surface area (Å²) < 4.78 is 0. The molecule has 2 aliphatic heterocycles. The molecule has 118 valence electrons. The Morgan fingerprint density at radius 2 is 1.45 bits per heavy atom. The van der Waals surface area contributed by atoms with Crippen LogP contribution in [0.5, 0.6) is 0 Å². The van der Waals surface area contributed by atoms with Crippen molar-refractivity contribution in [3.8, 4) is 0 Å². The predicted molar refractivity (Wildman–Crippen MR) is 84.8 cm³/mol. The Bertz CT molecular complexity index is 607. The van der Waals surface area contributed by atoms with Gasteiger partial charge in [0.1, 0.15) is 0 Å². The Hall–Kier alpha value is -2.18. The maximum Gasteiger partial charge on any atom is 0.273 e. The number of rotatable bonds is 1. The van der Waals surface area contributed by atoms with Gasteiger partial charge in [0, 0.05) is 14.1 Å². The van der Waals surface area contributed by atoms with Gasteiger partial charge in [0.2, 0.25) is 0 Å². The Kier molecular flexibility index (Phi) is 2.95. The number of nitrogens with zero attached hydrogens (tertiary/aromatic N) is 7. The van der Waals surface area contributed by atoms with Crippen LogP contribution >= 0.6 is 0 Å². The summed E-state index contributed by atoms with van der Waals surface area (Å²) in [6.07, 6.45) is 0. The molecule has 0 radical (unpaired) electrons. The van der Waals surface area contributed by atoms with E-state index in [-0.39, 0.29) is 5.41 Å². The van der Waals surface area contributed by atoms with Gasteiger partial charge in [-0.05, 0) is 34.9 Å². The van der Waals surface area contributed by atoms with Crippen LogP contribution in [0.1, 0.15) is 27.7 Å². The molecule has 1 aromatic carbocycles. The number of likely N-dealkylation sites (N-methyl/N-ethyl adjacent to an activating group) is 2. The van der Waals surface area contributed by atoms with Gasteiger partial charge in [-0.25, -0.2) is 10.0 Å². The fourth-order valence-corrected chi connectivity index (χ4v) is 3.28. The van der Waals surface area contributed by atoms with Crippen molar-refractivity contribution in [2.75, 3.05) is 19.1 Å². The zero-order valence-electron chi connectivity index (χ0n) is 14.0. The van der Waals surface area contributed by atoms with Gasteiger partial charge >= 0.3 is 0 Å². The molecule has 0 N–H and O–H groups in total. The third-order valence-corrected chi connectivity index (χ3v) is 4.95. The molecule has 0 saturated carbocycles. The number of hydrogen-bond acceptors (Lipinski definition) is 7. The smallest absolute Gasteiger partial charge is 0.231 e. The van der Waals surface area contributed by atoms with Gasteiger partial charge in [0.25, 0.3) is 5.79 Å². The second-order valence-electron chi connectivity index (χ2n) is 7.02. The van der Waals surface area contributed by atoms with Gasteiger partial charge in [0.05, 0.1) is 5.69 Å². The maximum atomic E-state index is 4.68. The van der Waals surface area contributed by atoms with E-state index < -0.39 is 11.3 Å². The van der Waals surface area contributed by atoms with Crippen molar-refractivity contribution in [3.63, 3.8) is 0 Å². The van der Waals surface area contributed by atoms with Crippen LogP contribution in [0, 0.1) is 5.41 Å². The molecule has 3 rings (SSSR count). The molecule has 0 bridgehead atoms. The summed E-state index contributed by atoms with van der Waals surface area (Å²) in [4.78, 5) is 0. The summed E-state index contributed by atoms with van der Waals surface area (Å²) in [7, 11) is 3.84. The highest BCUT2D eigenvalue weighted by molar-refractivity contribution is 5.50. The van der Waals surface area contributed by atoms with Crippen LogP contribution in [-0.2, 0) is 0 Å². The third-order valence-electron chi connectivity index (χ3n) is 4.95. The highest BCUT2D eigenvalue weighted by Gasteiger charge is 2.70. The van der Waals surface area contributed by atoms with Crippen molar-refractivity contribution >= 4 is 5.69 Å². The normalized spacial score (nSPS) is 26.5. The van der Waals surface area contributed by atoms with Crippen LogP contribution in [-0.4, -0.2) is 35.4 Å². The lowest BCUT2D eigenvalue weighted by molar-refractivity contribution is -0.0672. The molecule has 2 heterocycles. The van der Waals surface area contributed by atoms with E-state index >= 15 is 0 Å². The van der Waals surface area contributed by atoms with Crippen LogP contribution in [0.2, 0.25) is 0 Å². The van der Waals surface area contributed by atoms with Gasteiger partial charge < -0.3 is 0 Å². The van der Waals surface area contributed by atoms with Gasteiger partial charge in [0.15, 0.2) is 5.54 Å². The topological polar surface area (TPSA) is 59.2 Å². The lowest BCUT2D eigenvalue weighted by Crippen LogP contribution is -2.73. The maximum absolute atomic E-state index is 4.68. The SMILES string of the molecule is CN1N=NN(C)C12N(c1ccccc1)N=N[C@]2(C)C(C)(C)C. The quantitative estimate of drug-likeness (QED) is 0.797. The molecule has 7 nitrogen and oxygen atoms in total. The van der Waals surface area contributed by atoms with Gasteiger partial charge in [-0.3, -0.25) is 0 Å². The van der Waals surface area contributed by atoms with E-state index in [2.05, 4.69) is 48.5 Å². The van der Waals surface area contributed by atoms with E-state index in [1.807, 2.05) is 59.5 Å². The summed E-state index contributed by atoms with van der Waals surface area (Å²) >= 11 is 0. The number of hydrogen-bond donors (Lipinski definition) is 0. The van der Waals surface area contributed by atoms with Crippen LogP contribution in [0.3, 0.4) is 0 Å². The Balaban J connectivity index is 2.21.